The van der Waals surface area contributed by atoms with E-state index < -0.39 is 11.9 Å². The molecule has 1 atom stereocenters. The molecule has 0 aromatic rings. The average molecular weight is 287 g/mol. The number of carbonyl (C=O) groups excluding carboxylic acids is 1. The van der Waals surface area contributed by atoms with Gasteiger partial charge in [-0.25, -0.2) is 0 Å². The van der Waals surface area contributed by atoms with E-state index in [0.29, 0.717) is 13.2 Å². The van der Waals surface area contributed by atoms with E-state index in [0.717, 1.165) is 19.1 Å². The van der Waals surface area contributed by atoms with E-state index in [2.05, 4.69) is 11.8 Å². The fourth-order valence-corrected chi connectivity index (χ4v) is 2.32. The van der Waals surface area contributed by atoms with Gasteiger partial charge in [-0.15, -0.1) is 0 Å². The monoisotopic (exact) mass is 287 g/mol. The SMILES string of the molecule is CCC1CCN(CCOCCOCC(N)C(N)=O)CC1. The summed E-state index contributed by atoms with van der Waals surface area (Å²) in [5, 5.41) is 0. The Morgan fingerprint density at radius 2 is 1.90 bits per heavy atom. The molecule has 1 aliphatic rings. The van der Waals surface area contributed by atoms with Crippen LogP contribution >= 0.6 is 0 Å². The van der Waals surface area contributed by atoms with Crippen molar-refractivity contribution in [2.24, 2.45) is 17.4 Å². The lowest BCUT2D eigenvalue weighted by atomic mass is 9.94. The fraction of sp³-hybridized carbons (Fsp3) is 0.929. The maximum atomic E-state index is 10.7. The van der Waals surface area contributed by atoms with Gasteiger partial charge in [0.2, 0.25) is 5.91 Å². The molecule has 0 aliphatic carbocycles. The number of primary amides is 1. The van der Waals surface area contributed by atoms with Crippen LogP contribution in [-0.2, 0) is 14.3 Å². The Morgan fingerprint density at radius 1 is 1.25 bits per heavy atom. The number of hydrogen-bond acceptors (Lipinski definition) is 5. The molecule has 1 unspecified atom stereocenters. The summed E-state index contributed by atoms with van der Waals surface area (Å²) in [5.74, 6) is 0.372. The highest BCUT2D eigenvalue weighted by Crippen LogP contribution is 2.19. The second-order valence-corrected chi connectivity index (χ2v) is 5.39. The molecule has 1 rings (SSSR count). The van der Waals surface area contributed by atoms with Crippen LogP contribution in [0.15, 0.2) is 0 Å². The average Bonchev–Trinajstić information content (AvgIpc) is 2.46. The molecule has 1 fully saturated rings. The fourth-order valence-electron chi connectivity index (χ4n) is 2.32. The Labute approximate surface area is 121 Å². The molecule has 0 bridgehead atoms. The van der Waals surface area contributed by atoms with Crippen LogP contribution in [0, 0.1) is 5.92 Å². The number of piperidine rings is 1. The third kappa shape index (κ3) is 7.19. The molecule has 0 radical (unpaired) electrons. The normalized spacial score (nSPS) is 19.1. The van der Waals surface area contributed by atoms with Gasteiger partial charge in [0, 0.05) is 6.54 Å². The first-order valence-electron chi connectivity index (χ1n) is 7.56. The summed E-state index contributed by atoms with van der Waals surface area (Å²) < 4.78 is 10.7. The maximum Gasteiger partial charge on any atom is 0.236 e. The Bertz CT molecular complexity index is 268. The van der Waals surface area contributed by atoms with Crippen molar-refractivity contribution in [3.8, 4) is 0 Å². The third-order valence-electron chi connectivity index (χ3n) is 3.87. The van der Waals surface area contributed by atoms with Gasteiger partial charge in [0.25, 0.3) is 0 Å². The van der Waals surface area contributed by atoms with Crippen LogP contribution in [0.3, 0.4) is 0 Å². The van der Waals surface area contributed by atoms with Crippen molar-refractivity contribution in [2.45, 2.75) is 32.2 Å². The molecule has 0 saturated carbocycles. The minimum Gasteiger partial charge on any atom is -0.378 e. The molecular weight excluding hydrogens is 258 g/mol. The van der Waals surface area contributed by atoms with Crippen molar-refractivity contribution < 1.29 is 14.3 Å². The number of likely N-dealkylation sites (tertiary alicyclic amines) is 1. The number of ether oxygens (including phenoxy) is 2. The molecular formula is C14H29N3O3. The highest BCUT2D eigenvalue weighted by molar-refractivity contribution is 5.79. The Kier molecular flexibility index (Phi) is 8.77. The van der Waals surface area contributed by atoms with Crippen LogP contribution in [0.2, 0.25) is 0 Å². The number of hydrogen-bond donors (Lipinski definition) is 2. The molecule has 1 aliphatic heterocycles. The summed E-state index contributed by atoms with van der Waals surface area (Å²) in [5.41, 5.74) is 10.5. The molecule has 118 valence electrons. The number of amides is 1. The van der Waals surface area contributed by atoms with E-state index in [4.69, 9.17) is 20.9 Å². The predicted octanol–water partition coefficient (Wildman–Crippen LogP) is -0.0458. The summed E-state index contributed by atoms with van der Waals surface area (Å²) in [6.45, 7) is 7.48. The lowest BCUT2D eigenvalue weighted by Crippen LogP contribution is -2.40. The Hall–Kier alpha value is -0.690. The van der Waals surface area contributed by atoms with E-state index in [1.165, 1.54) is 32.4 Å². The number of carbonyl (C=O) groups is 1. The zero-order valence-electron chi connectivity index (χ0n) is 12.6. The quantitative estimate of drug-likeness (QED) is 0.550. The van der Waals surface area contributed by atoms with Crippen molar-refractivity contribution in [1.82, 2.24) is 4.90 Å². The molecule has 6 nitrogen and oxygen atoms in total. The maximum absolute atomic E-state index is 10.7. The molecule has 1 saturated heterocycles. The van der Waals surface area contributed by atoms with E-state index in [9.17, 15) is 4.79 Å². The van der Waals surface area contributed by atoms with Crippen molar-refractivity contribution in [2.75, 3.05) is 46.1 Å². The molecule has 0 aromatic heterocycles. The standard InChI is InChI=1S/C14H29N3O3/c1-2-12-3-5-17(6-4-12)7-8-19-9-10-20-11-13(15)14(16)18/h12-13H,2-11,15H2,1H3,(H2,16,18). The third-order valence-corrected chi connectivity index (χ3v) is 3.87. The summed E-state index contributed by atoms with van der Waals surface area (Å²) in [7, 11) is 0. The molecule has 20 heavy (non-hydrogen) atoms. The van der Waals surface area contributed by atoms with Crippen LogP contribution in [-0.4, -0.2) is 62.9 Å². The highest BCUT2D eigenvalue weighted by atomic mass is 16.5. The van der Waals surface area contributed by atoms with Gasteiger partial charge in [-0.05, 0) is 31.8 Å². The van der Waals surface area contributed by atoms with Gasteiger partial charge in [0.05, 0.1) is 26.4 Å². The molecule has 6 heteroatoms. The number of nitrogens with two attached hydrogens (primary N) is 2. The molecule has 0 aromatic carbocycles. The van der Waals surface area contributed by atoms with Gasteiger partial charge < -0.3 is 25.8 Å². The van der Waals surface area contributed by atoms with Crippen molar-refractivity contribution >= 4 is 5.91 Å². The number of nitrogens with zero attached hydrogens (tertiary/aromatic N) is 1. The first-order chi connectivity index (χ1) is 9.63. The van der Waals surface area contributed by atoms with Gasteiger partial charge in [0.15, 0.2) is 0 Å². The van der Waals surface area contributed by atoms with Crippen LogP contribution in [0.25, 0.3) is 0 Å². The molecule has 4 N–H and O–H groups in total. The second kappa shape index (κ2) is 10.1. The van der Waals surface area contributed by atoms with Gasteiger partial charge in [-0.2, -0.15) is 0 Å². The van der Waals surface area contributed by atoms with E-state index >= 15 is 0 Å². The van der Waals surface area contributed by atoms with Crippen molar-refractivity contribution in [3.05, 3.63) is 0 Å². The second-order valence-electron chi connectivity index (χ2n) is 5.39. The van der Waals surface area contributed by atoms with E-state index in [1.807, 2.05) is 0 Å². The van der Waals surface area contributed by atoms with Gasteiger partial charge >= 0.3 is 0 Å². The van der Waals surface area contributed by atoms with E-state index in [-0.39, 0.29) is 6.61 Å². The van der Waals surface area contributed by atoms with E-state index in [1.54, 1.807) is 0 Å². The lowest BCUT2D eigenvalue weighted by Gasteiger charge is -2.31. The smallest absolute Gasteiger partial charge is 0.236 e. The zero-order chi connectivity index (χ0) is 14.8. The minimum atomic E-state index is -0.727. The van der Waals surface area contributed by atoms with Crippen LogP contribution < -0.4 is 11.5 Å². The first-order valence-corrected chi connectivity index (χ1v) is 7.56. The van der Waals surface area contributed by atoms with Crippen molar-refractivity contribution in [1.29, 1.82) is 0 Å². The first kappa shape index (κ1) is 17.4. The molecule has 1 heterocycles. The van der Waals surface area contributed by atoms with Crippen LogP contribution in [0.1, 0.15) is 26.2 Å². The van der Waals surface area contributed by atoms with Gasteiger partial charge in [-0.1, -0.05) is 13.3 Å². The highest BCUT2D eigenvalue weighted by Gasteiger charge is 2.16. The lowest BCUT2D eigenvalue weighted by molar-refractivity contribution is -0.120. The van der Waals surface area contributed by atoms with Gasteiger partial charge in [-0.3, -0.25) is 4.79 Å². The predicted molar refractivity (Wildman–Crippen MR) is 78.3 cm³/mol. The van der Waals surface area contributed by atoms with Crippen molar-refractivity contribution in [3.63, 3.8) is 0 Å². The molecule has 1 amide bonds. The topological polar surface area (TPSA) is 90.8 Å². The summed E-state index contributed by atoms with van der Waals surface area (Å²) in [6.07, 6.45) is 3.92. The minimum absolute atomic E-state index is 0.156. The zero-order valence-corrected chi connectivity index (χ0v) is 12.6. The van der Waals surface area contributed by atoms with Crippen LogP contribution in [0.5, 0.6) is 0 Å². The largest absolute Gasteiger partial charge is 0.378 e. The Morgan fingerprint density at radius 3 is 2.50 bits per heavy atom. The summed E-state index contributed by atoms with van der Waals surface area (Å²) in [4.78, 5) is 13.1. The van der Waals surface area contributed by atoms with Crippen LogP contribution in [0.4, 0.5) is 0 Å². The number of rotatable bonds is 10. The Balaban J connectivity index is 1.89. The summed E-state index contributed by atoms with van der Waals surface area (Å²) >= 11 is 0. The molecule has 0 spiro atoms. The summed E-state index contributed by atoms with van der Waals surface area (Å²) in [6, 6.07) is -0.727. The van der Waals surface area contributed by atoms with Gasteiger partial charge in [0.1, 0.15) is 6.04 Å².